The molecule has 0 atom stereocenters. The zero-order chi connectivity index (χ0) is 24.5. The number of nitrogens with one attached hydrogen (secondary N) is 1. The van der Waals surface area contributed by atoms with E-state index in [-0.39, 0.29) is 17.3 Å². The zero-order valence-corrected chi connectivity index (χ0v) is 20.9. The van der Waals surface area contributed by atoms with Crippen molar-refractivity contribution in [2.24, 2.45) is 0 Å². The SMILES string of the molecule is CCn1c(=O)sc2cc(NC(=O)c3ccc(CN(c4cccc(Cl)c4)S(C)(=O)=O)cc3)ccc21. The van der Waals surface area contributed by atoms with Crippen LogP contribution in [0.5, 0.6) is 0 Å². The first kappa shape index (κ1) is 24.0. The lowest BCUT2D eigenvalue weighted by atomic mass is 10.1. The Kier molecular flexibility index (Phi) is 6.79. The lowest BCUT2D eigenvalue weighted by Crippen LogP contribution is -2.29. The summed E-state index contributed by atoms with van der Waals surface area (Å²) in [7, 11) is -3.55. The van der Waals surface area contributed by atoms with E-state index in [1.54, 1.807) is 65.2 Å². The summed E-state index contributed by atoms with van der Waals surface area (Å²) in [6.45, 7) is 2.60. The number of aryl methyl sites for hydroxylation is 1. The molecule has 3 aromatic carbocycles. The molecule has 0 unspecified atom stereocenters. The predicted octanol–water partition coefficient (Wildman–Crippen LogP) is 4.95. The number of nitrogens with zero attached hydrogens (tertiary/aromatic N) is 2. The van der Waals surface area contributed by atoms with Crippen molar-refractivity contribution in [3.63, 3.8) is 0 Å². The number of sulfonamides is 1. The first-order valence-electron chi connectivity index (χ1n) is 10.4. The molecule has 0 aliphatic heterocycles. The van der Waals surface area contributed by atoms with Crippen LogP contribution in [0.4, 0.5) is 11.4 Å². The van der Waals surface area contributed by atoms with Gasteiger partial charge < -0.3 is 5.32 Å². The van der Waals surface area contributed by atoms with E-state index in [0.29, 0.717) is 34.1 Å². The minimum Gasteiger partial charge on any atom is -0.322 e. The third-order valence-corrected chi connectivity index (χ3v) is 7.60. The molecular weight excluding hydrogens is 494 g/mol. The standard InChI is InChI=1S/C24H22ClN3O4S2/c1-3-27-21-12-11-19(14-22(21)33-24(27)30)26-23(29)17-9-7-16(8-10-17)15-28(34(2,31)32)20-6-4-5-18(25)13-20/h4-14H,3,15H2,1-2H3,(H,26,29). The number of fused-ring (bicyclic) bond motifs is 1. The lowest BCUT2D eigenvalue weighted by molar-refractivity contribution is 0.102. The van der Waals surface area contributed by atoms with Gasteiger partial charge in [0.05, 0.1) is 28.7 Å². The second kappa shape index (κ2) is 9.61. The number of benzene rings is 3. The molecule has 1 amide bonds. The van der Waals surface area contributed by atoms with Gasteiger partial charge >= 0.3 is 4.87 Å². The van der Waals surface area contributed by atoms with Crippen molar-refractivity contribution in [2.75, 3.05) is 15.9 Å². The predicted molar refractivity (Wildman–Crippen MR) is 139 cm³/mol. The summed E-state index contributed by atoms with van der Waals surface area (Å²) in [4.78, 5) is 24.8. The van der Waals surface area contributed by atoms with Gasteiger partial charge in [-0.15, -0.1) is 0 Å². The summed E-state index contributed by atoms with van der Waals surface area (Å²) in [6.07, 6.45) is 1.14. The van der Waals surface area contributed by atoms with Crippen LogP contribution in [0.25, 0.3) is 10.2 Å². The van der Waals surface area contributed by atoms with Crippen molar-refractivity contribution in [1.29, 1.82) is 0 Å². The fourth-order valence-electron chi connectivity index (χ4n) is 3.61. The fraction of sp³-hybridized carbons (Fsp3) is 0.167. The van der Waals surface area contributed by atoms with Crippen molar-refractivity contribution in [1.82, 2.24) is 4.57 Å². The maximum Gasteiger partial charge on any atom is 0.308 e. The number of hydrogen-bond donors (Lipinski definition) is 1. The third kappa shape index (κ3) is 5.16. The summed E-state index contributed by atoms with van der Waals surface area (Å²) < 4.78 is 28.5. The Morgan fingerprint density at radius 3 is 2.47 bits per heavy atom. The van der Waals surface area contributed by atoms with Crippen LogP contribution in [0.3, 0.4) is 0 Å². The molecule has 1 heterocycles. The van der Waals surface area contributed by atoms with E-state index in [0.717, 1.165) is 27.8 Å². The van der Waals surface area contributed by atoms with Crippen LogP contribution in [-0.2, 0) is 23.1 Å². The molecule has 0 saturated carbocycles. The molecule has 10 heteroatoms. The van der Waals surface area contributed by atoms with Gasteiger partial charge in [0.15, 0.2) is 0 Å². The quantitative estimate of drug-likeness (QED) is 0.377. The van der Waals surface area contributed by atoms with Gasteiger partial charge in [-0.3, -0.25) is 18.5 Å². The maximum atomic E-state index is 12.7. The van der Waals surface area contributed by atoms with Crippen LogP contribution in [0.2, 0.25) is 5.02 Å². The van der Waals surface area contributed by atoms with E-state index in [2.05, 4.69) is 5.32 Å². The van der Waals surface area contributed by atoms with Crippen LogP contribution in [0, 0.1) is 0 Å². The number of carbonyl (C=O) groups excluding carboxylic acids is 1. The molecule has 1 N–H and O–H groups in total. The van der Waals surface area contributed by atoms with E-state index >= 15 is 0 Å². The molecule has 4 aromatic rings. The molecule has 0 saturated heterocycles. The number of anilines is 2. The number of rotatable bonds is 7. The van der Waals surface area contributed by atoms with E-state index in [9.17, 15) is 18.0 Å². The third-order valence-electron chi connectivity index (χ3n) is 5.28. The molecule has 0 radical (unpaired) electrons. The van der Waals surface area contributed by atoms with Crippen molar-refractivity contribution >= 4 is 60.5 Å². The highest BCUT2D eigenvalue weighted by Crippen LogP contribution is 2.25. The van der Waals surface area contributed by atoms with E-state index in [1.807, 2.05) is 13.0 Å². The van der Waals surface area contributed by atoms with Crippen molar-refractivity contribution in [2.45, 2.75) is 20.0 Å². The molecule has 0 aliphatic carbocycles. The van der Waals surface area contributed by atoms with Gasteiger partial charge in [-0.05, 0) is 61.0 Å². The minimum absolute atomic E-state index is 0.0301. The molecule has 34 heavy (non-hydrogen) atoms. The number of amides is 1. The Balaban J connectivity index is 1.51. The topological polar surface area (TPSA) is 88.5 Å². The first-order chi connectivity index (χ1) is 16.2. The Labute approximate surface area is 206 Å². The van der Waals surface area contributed by atoms with Crippen LogP contribution in [-0.4, -0.2) is 25.1 Å². The largest absolute Gasteiger partial charge is 0.322 e. The molecule has 0 aliphatic rings. The summed E-state index contributed by atoms with van der Waals surface area (Å²) in [5.74, 6) is -0.303. The molecule has 4 rings (SSSR count). The Hall–Kier alpha value is -3.14. The van der Waals surface area contributed by atoms with Gasteiger partial charge in [0.1, 0.15) is 0 Å². The van der Waals surface area contributed by atoms with Crippen molar-refractivity contribution in [3.05, 3.63) is 92.5 Å². The number of hydrogen-bond acceptors (Lipinski definition) is 5. The van der Waals surface area contributed by atoms with Gasteiger partial charge in [-0.2, -0.15) is 0 Å². The highest BCUT2D eigenvalue weighted by molar-refractivity contribution is 7.92. The van der Waals surface area contributed by atoms with Gasteiger partial charge in [-0.1, -0.05) is 41.1 Å². The lowest BCUT2D eigenvalue weighted by Gasteiger charge is -2.22. The molecule has 1 aromatic heterocycles. The van der Waals surface area contributed by atoms with Gasteiger partial charge in [0, 0.05) is 22.8 Å². The number of halogens is 1. The summed E-state index contributed by atoms with van der Waals surface area (Å²) in [5.41, 5.74) is 3.04. The van der Waals surface area contributed by atoms with Crippen molar-refractivity contribution < 1.29 is 13.2 Å². The highest BCUT2D eigenvalue weighted by atomic mass is 35.5. The fourth-order valence-corrected chi connectivity index (χ4v) is 5.66. The molecule has 7 nitrogen and oxygen atoms in total. The van der Waals surface area contributed by atoms with Gasteiger partial charge in [-0.25, -0.2) is 8.42 Å². The second-order valence-corrected chi connectivity index (χ2v) is 11.0. The summed E-state index contributed by atoms with van der Waals surface area (Å²) >= 11 is 7.17. The van der Waals surface area contributed by atoms with Crippen molar-refractivity contribution in [3.8, 4) is 0 Å². The summed E-state index contributed by atoms with van der Waals surface area (Å²) in [5, 5.41) is 3.29. The molecule has 0 bridgehead atoms. The first-order valence-corrected chi connectivity index (χ1v) is 13.5. The zero-order valence-electron chi connectivity index (χ0n) is 18.5. The van der Waals surface area contributed by atoms with E-state index < -0.39 is 10.0 Å². The van der Waals surface area contributed by atoms with E-state index in [4.69, 9.17) is 11.6 Å². The Morgan fingerprint density at radius 1 is 1.09 bits per heavy atom. The highest BCUT2D eigenvalue weighted by Gasteiger charge is 2.18. The number of thiazole rings is 1. The smallest absolute Gasteiger partial charge is 0.308 e. The van der Waals surface area contributed by atoms with Crippen LogP contribution in [0.1, 0.15) is 22.8 Å². The maximum absolute atomic E-state index is 12.7. The monoisotopic (exact) mass is 515 g/mol. The molecule has 0 fully saturated rings. The summed E-state index contributed by atoms with van der Waals surface area (Å²) in [6, 6.07) is 18.7. The van der Waals surface area contributed by atoms with Gasteiger partial charge in [0.25, 0.3) is 5.91 Å². The Bertz CT molecular complexity index is 1530. The van der Waals surface area contributed by atoms with Crippen LogP contribution in [0.15, 0.2) is 71.5 Å². The average molecular weight is 516 g/mol. The van der Waals surface area contributed by atoms with Crippen LogP contribution < -0.4 is 14.5 Å². The minimum atomic E-state index is -3.55. The van der Waals surface area contributed by atoms with Crippen LogP contribution >= 0.6 is 22.9 Å². The molecule has 0 spiro atoms. The second-order valence-electron chi connectivity index (χ2n) is 7.70. The number of aromatic nitrogens is 1. The van der Waals surface area contributed by atoms with E-state index in [1.165, 1.54) is 4.31 Å². The Morgan fingerprint density at radius 2 is 1.82 bits per heavy atom. The number of carbonyl (C=O) groups is 1. The average Bonchev–Trinajstić information content (AvgIpc) is 3.11. The molecular formula is C24H22ClN3O4S2. The molecule has 176 valence electrons. The normalized spacial score (nSPS) is 11.5. The van der Waals surface area contributed by atoms with Gasteiger partial charge in [0.2, 0.25) is 10.0 Å².